The summed E-state index contributed by atoms with van der Waals surface area (Å²) in [5.74, 6) is -2.27. The Hall–Kier alpha value is -2.67. The van der Waals surface area contributed by atoms with E-state index in [0.29, 0.717) is 5.56 Å². The highest BCUT2D eigenvalue weighted by molar-refractivity contribution is 6.24. The van der Waals surface area contributed by atoms with Crippen molar-refractivity contribution < 1.29 is 34.1 Å². The molecule has 1 aromatic rings. The van der Waals surface area contributed by atoms with Crippen molar-refractivity contribution in [3.05, 3.63) is 34.4 Å². The minimum Gasteiger partial charge on any atom is -0.507 e. The zero-order chi connectivity index (χ0) is 17.6. The molecule has 0 saturated heterocycles. The fourth-order valence-corrected chi connectivity index (χ4v) is 3.26. The number of ketones is 2. The van der Waals surface area contributed by atoms with E-state index in [1.54, 1.807) is 6.92 Å². The monoisotopic (exact) mass is 332 g/mol. The molecule has 2 atom stereocenters. The number of methoxy groups -OCH3 is 1. The van der Waals surface area contributed by atoms with E-state index in [0.717, 1.165) is 12.2 Å². The Kier molecular flexibility index (Phi) is 3.88. The quantitative estimate of drug-likeness (QED) is 0.625. The lowest BCUT2D eigenvalue weighted by Gasteiger charge is -2.32. The first-order chi connectivity index (χ1) is 11.3. The van der Waals surface area contributed by atoms with Gasteiger partial charge in [-0.2, -0.15) is 0 Å². The molecule has 7 heteroatoms. The lowest BCUT2D eigenvalue weighted by Crippen LogP contribution is -2.29. The van der Waals surface area contributed by atoms with Crippen LogP contribution in [0, 0.1) is 0 Å². The highest BCUT2D eigenvalue weighted by atomic mass is 16.5. The number of carbonyl (C=O) groups excluding carboxylic acids is 3. The Morgan fingerprint density at radius 2 is 1.79 bits per heavy atom. The zero-order valence-corrected chi connectivity index (χ0v) is 13.2. The van der Waals surface area contributed by atoms with E-state index in [2.05, 4.69) is 4.74 Å². The molecule has 2 N–H and O–H groups in total. The van der Waals surface area contributed by atoms with Gasteiger partial charge in [0.05, 0.1) is 36.9 Å². The summed E-state index contributed by atoms with van der Waals surface area (Å²) in [7, 11) is 1.26. The van der Waals surface area contributed by atoms with Gasteiger partial charge in [0.1, 0.15) is 11.5 Å². The van der Waals surface area contributed by atoms with Crippen LogP contribution < -0.4 is 0 Å². The first kappa shape index (κ1) is 16.2. The number of phenolic OH excluding ortho intramolecular Hbond substituents is 2. The van der Waals surface area contributed by atoms with Gasteiger partial charge in [0.15, 0.2) is 11.6 Å². The summed E-state index contributed by atoms with van der Waals surface area (Å²) in [5.41, 5.74) is 0.171. The van der Waals surface area contributed by atoms with Crippen LogP contribution in [0.15, 0.2) is 12.2 Å². The molecule has 0 radical (unpaired) electrons. The van der Waals surface area contributed by atoms with Crippen LogP contribution in [-0.4, -0.2) is 41.0 Å². The molecule has 0 bridgehead atoms. The molecule has 0 saturated carbocycles. The minimum absolute atomic E-state index is 0.0235. The topological polar surface area (TPSA) is 110 Å². The van der Waals surface area contributed by atoms with E-state index in [1.807, 2.05) is 0 Å². The Morgan fingerprint density at radius 3 is 2.38 bits per heavy atom. The van der Waals surface area contributed by atoms with E-state index in [-0.39, 0.29) is 41.0 Å². The average Bonchev–Trinajstić information content (AvgIpc) is 2.54. The summed E-state index contributed by atoms with van der Waals surface area (Å²) < 4.78 is 10.3. The number of aromatic hydroxyl groups is 2. The van der Waals surface area contributed by atoms with Crippen LogP contribution in [0.25, 0.3) is 0 Å². The number of fused-ring (bicyclic) bond motifs is 2. The molecule has 24 heavy (non-hydrogen) atoms. The fraction of sp³-hybridized carbons (Fsp3) is 0.353. The van der Waals surface area contributed by atoms with Gasteiger partial charge in [-0.25, -0.2) is 0 Å². The molecule has 126 valence electrons. The molecule has 0 unspecified atom stereocenters. The van der Waals surface area contributed by atoms with Crippen molar-refractivity contribution >= 4 is 17.5 Å². The van der Waals surface area contributed by atoms with Gasteiger partial charge in [-0.3, -0.25) is 14.4 Å². The Bertz CT molecular complexity index is 791. The Balaban J connectivity index is 2.14. The molecule has 2 aliphatic rings. The van der Waals surface area contributed by atoms with Crippen LogP contribution in [0.3, 0.4) is 0 Å². The fourth-order valence-electron chi connectivity index (χ4n) is 3.26. The number of phenols is 2. The van der Waals surface area contributed by atoms with Crippen LogP contribution in [0.2, 0.25) is 0 Å². The second-order valence-corrected chi connectivity index (χ2v) is 5.79. The Labute approximate surface area is 137 Å². The van der Waals surface area contributed by atoms with Crippen LogP contribution in [0.5, 0.6) is 11.5 Å². The van der Waals surface area contributed by atoms with Crippen LogP contribution in [0.1, 0.15) is 51.3 Å². The van der Waals surface area contributed by atoms with Crippen molar-refractivity contribution in [1.82, 2.24) is 0 Å². The van der Waals surface area contributed by atoms with Crippen molar-refractivity contribution in [2.45, 2.75) is 32.0 Å². The number of allylic oxidation sites excluding steroid dienone is 2. The molecule has 1 heterocycles. The standard InChI is InChI=1S/C17H16O7/c1-7-13-9(5-8(24-7)6-12(20)23-2)16(21)14-10(18)3-4-11(19)15(14)17(13)22/h3-4,7-8,21-22H,5-6H2,1-2H3/t7-,8+/m0/s1. The largest absolute Gasteiger partial charge is 0.507 e. The molecule has 0 spiro atoms. The van der Waals surface area contributed by atoms with Gasteiger partial charge in [-0.15, -0.1) is 0 Å². The molecular formula is C17H16O7. The van der Waals surface area contributed by atoms with Gasteiger partial charge < -0.3 is 19.7 Å². The zero-order valence-electron chi connectivity index (χ0n) is 13.2. The third-order valence-electron chi connectivity index (χ3n) is 4.33. The molecule has 1 aromatic carbocycles. The lowest BCUT2D eigenvalue weighted by molar-refractivity contribution is -0.145. The Morgan fingerprint density at radius 1 is 1.21 bits per heavy atom. The molecule has 3 rings (SSSR count). The molecule has 1 aliphatic heterocycles. The number of hydrogen-bond acceptors (Lipinski definition) is 7. The first-order valence-electron chi connectivity index (χ1n) is 7.44. The maximum atomic E-state index is 12.1. The van der Waals surface area contributed by atoms with E-state index >= 15 is 0 Å². The van der Waals surface area contributed by atoms with Crippen LogP contribution >= 0.6 is 0 Å². The summed E-state index contributed by atoms with van der Waals surface area (Å²) in [4.78, 5) is 35.6. The second kappa shape index (κ2) is 5.76. The minimum atomic E-state index is -0.659. The van der Waals surface area contributed by atoms with Crippen molar-refractivity contribution in [3.63, 3.8) is 0 Å². The highest BCUT2D eigenvalue weighted by Gasteiger charge is 2.37. The van der Waals surface area contributed by atoms with Gasteiger partial charge in [0.2, 0.25) is 0 Å². The maximum absolute atomic E-state index is 12.1. The molecule has 1 aliphatic carbocycles. The summed E-state index contributed by atoms with van der Waals surface area (Å²) >= 11 is 0. The lowest BCUT2D eigenvalue weighted by atomic mass is 9.83. The number of benzene rings is 1. The van der Waals surface area contributed by atoms with Crippen LogP contribution in [-0.2, 0) is 20.7 Å². The van der Waals surface area contributed by atoms with Crippen molar-refractivity contribution in [1.29, 1.82) is 0 Å². The number of esters is 1. The van der Waals surface area contributed by atoms with E-state index in [9.17, 15) is 24.6 Å². The summed E-state index contributed by atoms with van der Waals surface area (Å²) in [5, 5.41) is 21.0. The van der Waals surface area contributed by atoms with Crippen molar-refractivity contribution in [2.75, 3.05) is 7.11 Å². The van der Waals surface area contributed by atoms with E-state index in [1.165, 1.54) is 7.11 Å². The average molecular weight is 332 g/mol. The van der Waals surface area contributed by atoms with E-state index in [4.69, 9.17) is 4.74 Å². The predicted molar refractivity (Wildman–Crippen MR) is 81.2 cm³/mol. The predicted octanol–water partition coefficient (Wildman–Crippen LogP) is 1.60. The number of ether oxygens (including phenoxy) is 2. The number of hydrogen-bond donors (Lipinski definition) is 2. The van der Waals surface area contributed by atoms with Crippen molar-refractivity contribution in [2.24, 2.45) is 0 Å². The SMILES string of the molecule is COC(=O)C[C@H]1Cc2c(O)c3c(c(O)c2[C@H](C)O1)C(=O)C=CC3=O. The van der Waals surface area contributed by atoms with Crippen molar-refractivity contribution in [3.8, 4) is 11.5 Å². The van der Waals surface area contributed by atoms with Crippen LogP contribution in [0.4, 0.5) is 0 Å². The van der Waals surface area contributed by atoms with Gasteiger partial charge in [0.25, 0.3) is 0 Å². The van der Waals surface area contributed by atoms with Gasteiger partial charge in [-0.05, 0) is 19.1 Å². The van der Waals surface area contributed by atoms with E-state index < -0.39 is 29.7 Å². The van der Waals surface area contributed by atoms with Gasteiger partial charge in [0, 0.05) is 17.5 Å². The second-order valence-electron chi connectivity index (χ2n) is 5.79. The summed E-state index contributed by atoms with van der Waals surface area (Å²) in [6.07, 6.45) is 0.994. The summed E-state index contributed by atoms with van der Waals surface area (Å²) in [6.45, 7) is 1.64. The number of rotatable bonds is 2. The van der Waals surface area contributed by atoms with Gasteiger partial charge in [-0.1, -0.05) is 0 Å². The normalized spacial score (nSPS) is 22.1. The smallest absolute Gasteiger partial charge is 0.308 e. The molecular weight excluding hydrogens is 316 g/mol. The van der Waals surface area contributed by atoms with Gasteiger partial charge >= 0.3 is 5.97 Å². The third kappa shape index (κ3) is 2.37. The molecule has 0 aromatic heterocycles. The molecule has 7 nitrogen and oxygen atoms in total. The number of carbonyl (C=O) groups is 3. The molecule has 0 fully saturated rings. The maximum Gasteiger partial charge on any atom is 0.308 e. The third-order valence-corrected chi connectivity index (χ3v) is 4.33. The molecule has 0 amide bonds. The first-order valence-corrected chi connectivity index (χ1v) is 7.44. The summed E-state index contributed by atoms with van der Waals surface area (Å²) in [6, 6.07) is 0. The highest BCUT2D eigenvalue weighted by Crippen LogP contribution is 2.46.